The highest BCUT2D eigenvalue weighted by Crippen LogP contribution is 2.26. The Labute approximate surface area is 116 Å². The van der Waals surface area contributed by atoms with Gasteiger partial charge in [0.1, 0.15) is 6.10 Å². The van der Waals surface area contributed by atoms with E-state index in [1.54, 1.807) is 17.0 Å². The van der Waals surface area contributed by atoms with Crippen LogP contribution >= 0.6 is 0 Å². The van der Waals surface area contributed by atoms with Gasteiger partial charge in [0.15, 0.2) is 0 Å². The van der Waals surface area contributed by atoms with Crippen LogP contribution in [0.2, 0.25) is 0 Å². The Morgan fingerprint density at radius 1 is 1.15 bits per heavy atom. The number of carbonyl (C=O) groups is 2. The van der Waals surface area contributed by atoms with Crippen molar-refractivity contribution in [3.8, 4) is 0 Å². The summed E-state index contributed by atoms with van der Waals surface area (Å²) < 4.78 is 5.00. The van der Waals surface area contributed by atoms with Crippen LogP contribution < -0.4 is 9.80 Å². The normalized spacial score (nSPS) is 22.6. The van der Waals surface area contributed by atoms with Crippen LogP contribution in [0.5, 0.6) is 0 Å². The van der Waals surface area contributed by atoms with E-state index in [1.165, 1.54) is 4.90 Å². The molecule has 1 atom stereocenters. The molecule has 0 saturated carbocycles. The van der Waals surface area contributed by atoms with Gasteiger partial charge in [-0.25, -0.2) is 4.79 Å². The predicted molar refractivity (Wildman–Crippen MR) is 72.7 cm³/mol. The summed E-state index contributed by atoms with van der Waals surface area (Å²) >= 11 is 0. The van der Waals surface area contributed by atoms with Crippen LogP contribution in [-0.4, -0.2) is 42.9 Å². The third-order valence-corrected chi connectivity index (χ3v) is 3.62. The first-order valence-corrected chi connectivity index (χ1v) is 6.68. The maximum Gasteiger partial charge on any atom is 0.414 e. The van der Waals surface area contributed by atoms with Gasteiger partial charge in [0.2, 0.25) is 5.91 Å². The number of aliphatic hydroxyl groups is 1. The van der Waals surface area contributed by atoms with E-state index in [1.807, 2.05) is 12.1 Å². The van der Waals surface area contributed by atoms with Crippen LogP contribution in [-0.2, 0) is 9.53 Å². The second kappa shape index (κ2) is 5.13. The van der Waals surface area contributed by atoms with Crippen molar-refractivity contribution in [1.29, 1.82) is 0 Å². The minimum Gasteiger partial charge on any atom is -0.441 e. The molecule has 0 radical (unpaired) electrons. The number of carbonyl (C=O) groups excluding carboxylic acids is 2. The van der Waals surface area contributed by atoms with Crippen LogP contribution in [0.3, 0.4) is 0 Å². The molecule has 2 aliphatic heterocycles. The van der Waals surface area contributed by atoms with E-state index in [0.717, 1.165) is 18.7 Å². The molecule has 0 aromatic heterocycles. The fourth-order valence-corrected chi connectivity index (χ4v) is 2.56. The Balaban J connectivity index is 1.76. The SMILES string of the molecule is O=C1CCCN1c1ccc(N2CC(CO)OC2=O)cc1. The zero-order chi connectivity index (χ0) is 14.1. The fourth-order valence-electron chi connectivity index (χ4n) is 2.56. The minimum atomic E-state index is -0.470. The highest BCUT2D eigenvalue weighted by Gasteiger charge is 2.32. The minimum absolute atomic E-state index is 0.138. The van der Waals surface area contributed by atoms with Gasteiger partial charge in [0.05, 0.1) is 13.2 Å². The Bertz CT molecular complexity index is 528. The van der Waals surface area contributed by atoms with E-state index in [9.17, 15) is 9.59 Å². The molecular weight excluding hydrogens is 260 g/mol. The molecule has 1 aromatic rings. The highest BCUT2D eigenvalue weighted by atomic mass is 16.6. The van der Waals surface area contributed by atoms with E-state index in [2.05, 4.69) is 0 Å². The first-order chi connectivity index (χ1) is 9.69. The van der Waals surface area contributed by atoms with Gasteiger partial charge in [-0.1, -0.05) is 0 Å². The Hall–Kier alpha value is -2.08. The van der Waals surface area contributed by atoms with Crippen molar-refractivity contribution in [3.05, 3.63) is 24.3 Å². The topological polar surface area (TPSA) is 70.1 Å². The summed E-state index contributed by atoms with van der Waals surface area (Å²) in [4.78, 5) is 26.6. The van der Waals surface area contributed by atoms with Gasteiger partial charge in [0, 0.05) is 24.3 Å². The first kappa shape index (κ1) is 12.9. The first-order valence-electron chi connectivity index (χ1n) is 6.68. The molecule has 2 heterocycles. The molecule has 6 nitrogen and oxygen atoms in total. The molecule has 6 heteroatoms. The maximum atomic E-state index is 11.7. The van der Waals surface area contributed by atoms with Gasteiger partial charge in [-0.15, -0.1) is 0 Å². The summed E-state index contributed by atoms with van der Waals surface area (Å²) in [5, 5.41) is 9.02. The van der Waals surface area contributed by atoms with Crippen molar-refractivity contribution >= 4 is 23.4 Å². The highest BCUT2D eigenvalue weighted by molar-refractivity contribution is 5.96. The van der Waals surface area contributed by atoms with Gasteiger partial charge < -0.3 is 14.7 Å². The number of benzene rings is 1. The van der Waals surface area contributed by atoms with Crippen LogP contribution in [0, 0.1) is 0 Å². The van der Waals surface area contributed by atoms with Crippen molar-refractivity contribution < 1.29 is 19.4 Å². The molecule has 0 bridgehead atoms. The zero-order valence-corrected chi connectivity index (χ0v) is 11.0. The zero-order valence-electron chi connectivity index (χ0n) is 11.0. The average molecular weight is 276 g/mol. The summed E-state index contributed by atoms with van der Waals surface area (Å²) in [7, 11) is 0. The Morgan fingerprint density at radius 3 is 2.30 bits per heavy atom. The smallest absolute Gasteiger partial charge is 0.414 e. The molecular formula is C14H16N2O4. The molecule has 2 saturated heterocycles. The lowest BCUT2D eigenvalue weighted by atomic mass is 10.2. The molecule has 3 rings (SSSR count). The van der Waals surface area contributed by atoms with Crippen LogP contribution in [0.15, 0.2) is 24.3 Å². The van der Waals surface area contributed by atoms with Gasteiger partial charge in [-0.2, -0.15) is 0 Å². The van der Waals surface area contributed by atoms with Crippen LogP contribution in [0.25, 0.3) is 0 Å². The lowest BCUT2D eigenvalue weighted by molar-refractivity contribution is -0.117. The molecule has 1 unspecified atom stereocenters. The van der Waals surface area contributed by atoms with Crippen molar-refractivity contribution in [2.45, 2.75) is 18.9 Å². The predicted octanol–water partition coefficient (Wildman–Crippen LogP) is 1.13. The number of amides is 2. The van der Waals surface area contributed by atoms with Gasteiger partial charge in [-0.3, -0.25) is 9.69 Å². The number of hydrogen-bond acceptors (Lipinski definition) is 4. The lowest BCUT2D eigenvalue weighted by Gasteiger charge is -2.18. The third kappa shape index (κ3) is 2.22. The van der Waals surface area contributed by atoms with Gasteiger partial charge in [-0.05, 0) is 30.7 Å². The number of nitrogens with zero attached hydrogens (tertiary/aromatic N) is 2. The van der Waals surface area contributed by atoms with Crippen molar-refractivity contribution in [2.75, 3.05) is 29.5 Å². The fraction of sp³-hybridized carbons (Fsp3) is 0.429. The van der Waals surface area contributed by atoms with E-state index in [4.69, 9.17) is 9.84 Å². The third-order valence-electron chi connectivity index (χ3n) is 3.62. The van der Waals surface area contributed by atoms with E-state index >= 15 is 0 Å². The average Bonchev–Trinajstić information content (AvgIpc) is 3.05. The molecule has 1 aromatic carbocycles. The molecule has 106 valence electrons. The lowest BCUT2D eigenvalue weighted by Crippen LogP contribution is -2.26. The number of cyclic esters (lactones) is 1. The molecule has 2 amide bonds. The van der Waals surface area contributed by atoms with Crippen molar-refractivity contribution in [3.63, 3.8) is 0 Å². The Morgan fingerprint density at radius 2 is 1.80 bits per heavy atom. The van der Waals surface area contributed by atoms with E-state index in [0.29, 0.717) is 18.7 Å². The standard InChI is InChI=1S/C14H16N2O4/c17-9-12-8-16(14(19)20-12)11-5-3-10(4-6-11)15-7-1-2-13(15)18/h3-6,12,17H,1-2,7-9H2. The number of anilines is 2. The molecule has 0 spiro atoms. The van der Waals surface area contributed by atoms with Gasteiger partial charge >= 0.3 is 6.09 Å². The molecule has 1 N–H and O–H groups in total. The second-order valence-corrected chi connectivity index (χ2v) is 4.96. The number of aliphatic hydroxyl groups excluding tert-OH is 1. The summed E-state index contributed by atoms with van der Waals surface area (Å²) in [6, 6.07) is 7.25. The van der Waals surface area contributed by atoms with Gasteiger partial charge in [0.25, 0.3) is 0 Å². The number of rotatable bonds is 3. The van der Waals surface area contributed by atoms with Crippen molar-refractivity contribution in [1.82, 2.24) is 0 Å². The van der Waals surface area contributed by atoms with Crippen molar-refractivity contribution in [2.24, 2.45) is 0 Å². The largest absolute Gasteiger partial charge is 0.441 e. The summed E-state index contributed by atoms with van der Waals surface area (Å²) in [6.07, 6.45) is 0.562. The van der Waals surface area contributed by atoms with Crippen LogP contribution in [0.4, 0.5) is 16.2 Å². The Kier molecular flexibility index (Phi) is 3.31. The van der Waals surface area contributed by atoms with Crippen LogP contribution in [0.1, 0.15) is 12.8 Å². The monoisotopic (exact) mass is 276 g/mol. The molecule has 2 fully saturated rings. The van der Waals surface area contributed by atoms with E-state index in [-0.39, 0.29) is 12.5 Å². The number of ether oxygens (including phenoxy) is 1. The quantitative estimate of drug-likeness (QED) is 0.898. The molecule has 2 aliphatic rings. The molecule has 0 aliphatic carbocycles. The maximum absolute atomic E-state index is 11.7. The summed E-state index contributed by atoms with van der Waals surface area (Å²) in [6.45, 7) is 0.913. The summed E-state index contributed by atoms with van der Waals surface area (Å²) in [5.41, 5.74) is 1.56. The second-order valence-electron chi connectivity index (χ2n) is 4.96. The van der Waals surface area contributed by atoms with E-state index < -0.39 is 12.2 Å². The summed E-state index contributed by atoms with van der Waals surface area (Å²) in [5.74, 6) is 0.138. The number of hydrogen-bond donors (Lipinski definition) is 1. The molecule has 20 heavy (non-hydrogen) atoms.